The second-order valence-corrected chi connectivity index (χ2v) is 6.98. The second-order valence-electron chi connectivity index (χ2n) is 6.98. The van der Waals surface area contributed by atoms with Crippen LogP contribution in [0.4, 0.5) is 15.9 Å². The maximum atomic E-state index is 14.8. The van der Waals surface area contributed by atoms with Crippen LogP contribution in [-0.4, -0.2) is 65.8 Å². The highest BCUT2D eigenvalue weighted by atomic mass is 19.1. The van der Waals surface area contributed by atoms with E-state index in [9.17, 15) is 9.18 Å². The number of hydrogen-bond acceptors (Lipinski definition) is 6. The zero-order valence-corrected chi connectivity index (χ0v) is 14.8. The van der Waals surface area contributed by atoms with Gasteiger partial charge in [-0.05, 0) is 20.9 Å². The van der Waals surface area contributed by atoms with Crippen molar-refractivity contribution >= 4 is 23.2 Å². The van der Waals surface area contributed by atoms with Crippen LogP contribution in [0.5, 0.6) is 0 Å². The molecule has 1 amide bonds. The van der Waals surface area contributed by atoms with Gasteiger partial charge in [-0.1, -0.05) is 6.58 Å². The monoisotopic (exact) mass is 344 g/mol. The number of carbonyl (C=O) groups excluding carboxylic acids is 1. The lowest BCUT2D eigenvalue weighted by atomic mass is 10.0. The van der Waals surface area contributed by atoms with E-state index in [-0.39, 0.29) is 23.3 Å². The average molecular weight is 344 g/mol. The van der Waals surface area contributed by atoms with Gasteiger partial charge < -0.3 is 20.0 Å². The molecule has 3 aliphatic rings. The molecule has 25 heavy (non-hydrogen) atoms. The lowest BCUT2D eigenvalue weighted by molar-refractivity contribution is -0.122. The van der Waals surface area contributed by atoms with E-state index in [2.05, 4.69) is 26.8 Å². The van der Waals surface area contributed by atoms with Crippen molar-refractivity contribution in [2.75, 3.05) is 37.4 Å². The number of amidine groups is 1. The number of piperazine rings is 1. The van der Waals surface area contributed by atoms with E-state index in [1.54, 1.807) is 18.9 Å². The van der Waals surface area contributed by atoms with Crippen molar-refractivity contribution in [1.82, 2.24) is 14.8 Å². The lowest BCUT2D eigenvalue weighted by Crippen LogP contribution is -2.61. The molecule has 7 nitrogen and oxygen atoms in total. The number of aliphatic imine (C=N–C) groups is 1. The molecule has 1 aromatic rings. The van der Waals surface area contributed by atoms with E-state index in [4.69, 9.17) is 0 Å². The van der Waals surface area contributed by atoms with Crippen molar-refractivity contribution < 1.29 is 9.18 Å². The Bertz CT molecular complexity index is 835. The van der Waals surface area contributed by atoms with Gasteiger partial charge in [-0.3, -0.25) is 4.79 Å². The number of nitrogens with zero attached hydrogens (tertiary/aromatic N) is 5. The topological polar surface area (TPSA) is 64.1 Å². The minimum absolute atomic E-state index is 0.0487. The zero-order chi connectivity index (χ0) is 18.0. The SMILES string of the molecule is C=C1N=C2c3c(nc(C)c(F)c3NC(=O)C3CN(C)CC(C)N23)N1C. The van der Waals surface area contributed by atoms with Crippen LogP contribution in [0.2, 0.25) is 0 Å². The number of amides is 1. The molecule has 1 N–H and O–H groups in total. The Morgan fingerprint density at radius 3 is 2.76 bits per heavy atom. The van der Waals surface area contributed by atoms with Crippen LogP contribution >= 0.6 is 0 Å². The van der Waals surface area contributed by atoms with Crippen LogP contribution in [0, 0.1) is 12.7 Å². The number of nitrogens with one attached hydrogen (secondary N) is 1. The van der Waals surface area contributed by atoms with E-state index in [0.29, 0.717) is 29.6 Å². The molecule has 2 atom stereocenters. The number of pyridine rings is 1. The van der Waals surface area contributed by atoms with Gasteiger partial charge in [0.25, 0.3) is 0 Å². The van der Waals surface area contributed by atoms with Gasteiger partial charge in [0.2, 0.25) is 5.91 Å². The molecule has 0 bridgehead atoms. The summed E-state index contributed by atoms with van der Waals surface area (Å²) in [6.45, 7) is 8.96. The highest BCUT2D eigenvalue weighted by Gasteiger charge is 2.44. The van der Waals surface area contributed by atoms with Crippen LogP contribution < -0.4 is 10.2 Å². The molecule has 0 saturated carbocycles. The third-order valence-corrected chi connectivity index (χ3v) is 5.11. The largest absolute Gasteiger partial charge is 0.339 e. The van der Waals surface area contributed by atoms with Crippen LogP contribution in [-0.2, 0) is 4.79 Å². The maximum absolute atomic E-state index is 14.8. The highest BCUT2D eigenvalue weighted by Crippen LogP contribution is 2.39. The van der Waals surface area contributed by atoms with Crippen molar-refractivity contribution in [3.8, 4) is 0 Å². The van der Waals surface area contributed by atoms with Gasteiger partial charge in [-0.2, -0.15) is 0 Å². The molecule has 4 heterocycles. The van der Waals surface area contributed by atoms with E-state index < -0.39 is 11.9 Å². The van der Waals surface area contributed by atoms with Gasteiger partial charge in [-0.15, -0.1) is 0 Å². The molecular formula is C17H21FN6O. The highest BCUT2D eigenvalue weighted by molar-refractivity contribution is 6.16. The van der Waals surface area contributed by atoms with Gasteiger partial charge in [0, 0.05) is 26.2 Å². The quantitative estimate of drug-likeness (QED) is 0.765. The first kappa shape index (κ1) is 16.0. The minimum atomic E-state index is -0.512. The molecule has 2 unspecified atom stereocenters. The molecule has 0 aromatic carbocycles. The summed E-state index contributed by atoms with van der Waals surface area (Å²) in [7, 11) is 3.77. The summed E-state index contributed by atoms with van der Waals surface area (Å²) in [5.74, 6) is 0.919. The summed E-state index contributed by atoms with van der Waals surface area (Å²) in [5.41, 5.74) is 0.931. The third-order valence-electron chi connectivity index (χ3n) is 5.11. The third kappa shape index (κ3) is 2.17. The Hall–Kier alpha value is -2.48. The predicted octanol–water partition coefficient (Wildman–Crippen LogP) is 1.15. The number of halogens is 1. The van der Waals surface area contributed by atoms with Crippen LogP contribution in [0.25, 0.3) is 0 Å². The Labute approximate surface area is 145 Å². The molecule has 0 spiro atoms. The molecule has 4 rings (SSSR count). The lowest BCUT2D eigenvalue weighted by Gasteiger charge is -2.45. The molecule has 3 aliphatic heterocycles. The number of aromatic nitrogens is 1. The van der Waals surface area contributed by atoms with Crippen molar-refractivity contribution in [3.05, 3.63) is 29.5 Å². The Kier molecular flexibility index (Phi) is 3.37. The molecule has 0 aliphatic carbocycles. The first-order valence-electron chi connectivity index (χ1n) is 8.29. The summed E-state index contributed by atoms with van der Waals surface area (Å²) < 4.78 is 14.8. The van der Waals surface area contributed by atoms with Gasteiger partial charge >= 0.3 is 0 Å². The van der Waals surface area contributed by atoms with Crippen LogP contribution in [0.3, 0.4) is 0 Å². The number of likely N-dealkylation sites (N-methyl/N-ethyl adjacent to an activating group) is 1. The van der Waals surface area contributed by atoms with Gasteiger partial charge in [0.1, 0.15) is 23.5 Å². The summed E-state index contributed by atoms with van der Waals surface area (Å²) >= 11 is 0. The predicted molar refractivity (Wildman–Crippen MR) is 94.2 cm³/mol. The number of hydrogen-bond donors (Lipinski definition) is 1. The Morgan fingerprint density at radius 1 is 1.32 bits per heavy atom. The van der Waals surface area contributed by atoms with Crippen LogP contribution in [0.1, 0.15) is 18.2 Å². The van der Waals surface area contributed by atoms with E-state index >= 15 is 0 Å². The Balaban J connectivity index is 2.01. The first-order chi connectivity index (χ1) is 11.8. The number of carbonyl (C=O) groups is 1. The second kappa shape index (κ2) is 5.26. The average Bonchev–Trinajstić information content (AvgIpc) is 2.66. The number of aryl methyl sites for hydroxylation is 1. The van der Waals surface area contributed by atoms with Crippen LogP contribution in [0.15, 0.2) is 17.4 Å². The number of fused-ring (bicyclic) bond motifs is 2. The fourth-order valence-corrected chi connectivity index (χ4v) is 3.88. The zero-order valence-electron chi connectivity index (χ0n) is 14.8. The van der Waals surface area contributed by atoms with Gasteiger partial charge in [0.15, 0.2) is 5.82 Å². The fraction of sp³-hybridized carbons (Fsp3) is 0.471. The van der Waals surface area contributed by atoms with Gasteiger partial charge in [-0.25, -0.2) is 14.4 Å². The van der Waals surface area contributed by atoms with E-state index in [0.717, 1.165) is 6.54 Å². The fourth-order valence-electron chi connectivity index (χ4n) is 3.88. The summed E-state index contributed by atoms with van der Waals surface area (Å²) in [5, 5.41) is 2.79. The van der Waals surface area contributed by atoms with E-state index in [1.807, 2.05) is 18.9 Å². The number of rotatable bonds is 0. The summed E-state index contributed by atoms with van der Waals surface area (Å²) in [6, 6.07) is -0.392. The molecule has 132 valence electrons. The summed E-state index contributed by atoms with van der Waals surface area (Å²) in [4.78, 5) is 27.7. The van der Waals surface area contributed by atoms with E-state index in [1.165, 1.54) is 0 Å². The molecule has 1 saturated heterocycles. The van der Waals surface area contributed by atoms with Crippen molar-refractivity contribution in [2.24, 2.45) is 4.99 Å². The van der Waals surface area contributed by atoms with Crippen molar-refractivity contribution in [2.45, 2.75) is 25.9 Å². The normalized spacial score (nSPS) is 25.9. The summed E-state index contributed by atoms with van der Waals surface area (Å²) in [6.07, 6.45) is 0. The molecule has 8 heteroatoms. The first-order valence-corrected chi connectivity index (χ1v) is 8.29. The molecule has 1 fully saturated rings. The molecular weight excluding hydrogens is 323 g/mol. The number of anilines is 2. The minimum Gasteiger partial charge on any atom is -0.339 e. The van der Waals surface area contributed by atoms with Crippen molar-refractivity contribution in [1.29, 1.82) is 0 Å². The smallest absolute Gasteiger partial charge is 0.248 e. The Morgan fingerprint density at radius 2 is 2.04 bits per heavy atom. The molecule has 1 aromatic heterocycles. The standard InChI is InChI=1S/C17H21FN6O/c1-8-6-22(4)7-11-17(25)21-14-12-15(19-9(2)13(14)18)23(5)10(3)20-16(12)24(8)11/h8,11H,3,6-7H2,1-2,4-5H3,(H,21,25). The molecule has 0 radical (unpaired) electrons. The van der Waals surface area contributed by atoms with Gasteiger partial charge in [0.05, 0.1) is 16.9 Å². The van der Waals surface area contributed by atoms with Crippen molar-refractivity contribution in [3.63, 3.8) is 0 Å². The maximum Gasteiger partial charge on any atom is 0.248 e.